The first-order valence-electron chi connectivity index (χ1n) is 11.0. The summed E-state index contributed by atoms with van der Waals surface area (Å²) < 4.78 is 6.54. The number of nitrogens with one attached hydrogen (secondary N) is 1. The van der Waals surface area contributed by atoms with Gasteiger partial charge in [0.2, 0.25) is 5.91 Å². The molecule has 5 nitrogen and oxygen atoms in total. The lowest BCUT2D eigenvalue weighted by Gasteiger charge is -2.47. The van der Waals surface area contributed by atoms with Crippen molar-refractivity contribution in [1.29, 1.82) is 0 Å². The van der Waals surface area contributed by atoms with Crippen LogP contribution in [0.5, 0.6) is 5.75 Å². The molecule has 1 saturated heterocycles. The lowest BCUT2D eigenvalue weighted by atomic mass is 9.76. The molecule has 1 saturated carbocycles. The van der Waals surface area contributed by atoms with E-state index in [1.807, 2.05) is 40.6 Å². The van der Waals surface area contributed by atoms with Crippen LogP contribution >= 0.6 is 11.3 Å². The quantitative estimate of drug-likeness (QED) is 0.794. The fraction of sp³-hybridized carbons (Fsp3) is 0.500. The molecule has 1 unspecified atom stereocenters. The highest BCUT2D eigenvalue weighted by atomic mass is 32.1. The maximum absolute atomic E-state index is 12.7. The number of piperidine rings is 1. The van der Waals surface area contributed by atoms with Crippen molar-refractivity contribution < 1.29 is 14.3 Å². The molecule has 2 fully saturated rings. The number of likely N-dealkylation sites (tertiary alicyclic amines) is 1. The first kappa shape index (κ1) is 19.6. The Hall–Kier alpha value is -2.34. The zero-order valence-corrected chi connectivity index (χ0v) is 18.0. The number of thiophene rings is 1. The molecule has 1 aromatic heterocycles. The molecule has 1 spiro atoms. The van der Waals surface area contributed by atoms with Gasteiger partial charge in [0.05, 0.1) is 4.88 Å². The van der Waals surface area contributed by atoms with Crippen LogP contribution in [0, 0.1) is 0 Å². The molecule has 30 heavy (non-hydrogen) atoms. The molecule has 2 amide bonds. The van der Waals surface area contributed by atoms with E-state index < -0.39 is 0 Å². The van der Waals surface area contributed by atoms with Crippen molar-refractivity contribution in [2.45, 2.75) is 62.5 Å². The van der Waals surface area contributed by atoms with Gasteiger partial charge in [0, 0.05) is 44.3 Å². The van der Waals surface area contributed by atoms with Crippen LogP contribution in [0.2, 0.25) is 0 Å². The summed E-state index contributed by atoms with van der Waals surface area (Å²) >= 11 is 1.49. The minimum Gasteiger partial charge on any atom is -0.487 e. The lowest BCUT2D eigenvalue weighted by Crippen LogP contribution is -2.52. The highest BCUT2D eigenvalue weighted by Gasteiger charge is 2.44. The van der Waals surface area contributed by atoms with Crippen LogP contribution < -0.4 is 10.1 Å². The van der Waals surface area contributed by atoms with Crippen molar-refractivity contribution >= 4 is 23.2 Å². The van der Waals surface area contributed by atoms with Crippen molar-refractivity contribution in [3.8, 4) is 5.75 Å². The maximum Gasteiger partial charge on any atom is 0.263 e. The standard InChI is InChI=1S/C24H28N2O3S/c27-22(25-18-5-3-6-18)15-17-16-24(29-20-8-2-1-7-19(17)20)10-12-26(13-11-24)23(28)21-9-4-14-30-21/h1-2,4,7-9,14,17-18H,3,5-6,10-13,15-16H2,(H,25,27). The Bertz CT molecular complexity index is 914. The SMILES string of the molecule is O=C(CC1CC2(CCN(C(=O)c3cccs3)CC2)Oc2ccccc21)NC1CCC1. The van der Waals surface area contributed by atoms with Gasteiger partial charge < -0.3 is 15.0 Å². The predicted molar refractivity (Wildman–Crippen MR) is 117 cm³/mol. The van der Waals surface area contributed by atoms with E-state index in [0.29, 0.717) is 25.6 Å². The van der Waals surface area contributed by atoms with E-state index in [9.17, 15) is 9.59 Å². The number of para-hydroxylation sites is 1. The number of benzene rings is 1. The maximum atomic E-state index is 12.7. The molecule has 6 heteroatoms. The Balaban J connectivity index is 1.29. The summed E-state index contributed by atoms with van der Waals surface area (Å²) in [7, 11) is 0. The zero-order valence-electron chi connectivity index (χ0n) is 17.1. The summed E-state index contributed by atoms with van der Waals surface area (Å²) in [5.41, 5.74) is 0.853. The summed E-state index contributed by atoms with van der Waals surface area (Å²) in [6, 6.07) is 12.3. The van der Waals surface area contributed by atoms with E-state index in [1.165, 1.54) is 17.8 Å². The van der Waals surface area contributed by atoms with E-state index in [1.54, 1.807) is 0 Å². The van der Waals surface area contributed by atoms with E-state index in [2.05, 4.69) is 11.4 Å². The number of carbonyl (C=O) groups excluding carboxylic acids is 2. The largest absolute Gasteiger partial charge is 0.487 e. The number of amides is 2. The molecular weight excluding hydrogens is 396 g/mol. The van der Waals surface area contributed by atoms with Crippen molar-refractivity contribution in [3.63, 3.8) is 0 Å². The second-order valence-corrected chi connectivity index (χ2v) is 9.84. The Kier molecular flexibility index (Phi) is 5.27. The third kappa shape index (κ3) is 3.85. The molecule has 1 N–H and O–H groups in total. The van der Waals surface area contributed by atoms with Crippen LogP contribution in [0.15, 0.2) is 41.8 Å². The summed E-state index contributed by atoms with van der Waals surface area (Å²) in [4.78, 5) is 28.1. The lowest BCUT2D eigenvalue weighted by molar-refractivity contribution is -0.123. The van der Waals surface area contributed by atoms with Crippen LogP contribution in [-0.2, 0) is 4.79 Å². The smallest absolute Gasteiger partial charge is 0.263 e. The van der Waals surface area contributed by atoms with Gasteiger partial charge in [-0.05, 0) is 48.8 Å². The number of carbonyl (C=O) groups is 2. The fourth-order valence-corrected chi connectivity index (χ4v) is 5.66. The van der Waals surface area contributed by atoms with E-state index >= 15 is 0 Å². The van der Waals surface area contributed by atoms with Crippen LogP contribution in [-0.4, -0.2) is 41.4 Å². The third-order valence-corrected chi connectivity index (χ3v) is 7.76. The van der Waals surface area contributed by atoms with Crippen molar-refractivity contribution in [2.75, 3.05) is 13.1 Å². The molecule has 3 heterocycles. The molecule has 1 aliphatic carbocycles. The number of hydrogen-bond acceptors (Lipinski definition) is 4. The van der Waals surface area contributed by atoms with Crippen molar-refractivity contribution in [3.05, 3.63) is 52.2 Å². The first-order chi connectivity index (χ1) is 14.6. The van der Waals surface area contributed by atoms with Gasteiger partial charge in [0.25, 0.3) is 5.91 Å². The van der Waals surface area contributed by atoms with Gasteiger partial charge in [-0.3, -0.25) is 9.59 Å². The Morgan fingerprint density at radius 1 is 1.13 bits per heavy atom. The summed E-state index contributed by atoms with van der Waals surface area (Å²) in [5, 5.41) is 5.14. The summed E-state index contributed by atoms with van der Waals surface area (Å²) in [5.74, 6) is 1.34. The van der Waals surface area contributed by atoms with E-state index in [4.69, 9.17) is 4.74 Å². The topological polar surface area (TPSA) is 58.6 Å². The van der Waals surface area contributed by atoms with E-state index in [0.717, 1.165) is 48.3 Å². The molecular formula is C24H28N2O3S. The molecule has 0 bridgehead atoms. The average Bonchev–Trinajstić information content (AvgIpc) is 3.26. The molecule has 0 radical (unpaired) electrons. The third-order valence-electron chi connectivity index (χ3n) is 6.90. The van der Waals surface area contributed by atoms with Gasteiger partial charge in [-0.1, -0.05) is 24.3 Å². The zero-order chi connectivity index (χ0) is 20.6. The minimum absolute atomic E-state index is 0.118. The van der Waals surface area contributed by atoms with Gasteiger partial charge in [0.15, 0.2) is 0 Å². The molecule has 1 aromatic carbocycles. The number of hydrogen-bond donors (Lipinski definition) is 1. The molecule has 3 aliphatic rings. The van der Waals surface area contributed by atoms with E-state index in [-0.39, 0.29) is 23.3 Å². The van der Waals surface area contributed by atoms with Crippen molar-refractivity contribution in [1.82, 2.24) is 10.2 Å². The average molecular weight is 425 g/mol. The predicted octanol–water partition coefficient (Wildman–Crippen LogP) is 4.35. The Labute approximate surface area is 181 Å². The Morgan fingerprint density at radius 3 is 2.63 bits per heavy atom. The van der Waals surface area contributed by atoms with Crippen LogP contribution in [0.3, 0.4) is 0 Å². The van der Waals surface area contributed by atoms with Crippen LogP contribution in [0.4, 0.5) is 0 Å². The highest BCUT2D eigenvalue weighted by molar-refractivity contribution is 7.12. The van der Waals surface area contributed by atoms with Gasteiger partial charge in [-0.25, -0.2) is 0 Å². The molecule has 2 aromatic rings. The molecule has 1 atom stereocenters. The second kappa shape index (κ2) is 8.06. The first-order valence-corrected chi connectivity index (χ1v) is 11.9. The number of rotatable bonds is 4. The van der Waals surface area contributed by atoms with Gasteiger partial charge in [-0.15, -0.1) is 11.3 Å². The normalized spacial score (nSPS) is 22.7. The molecule has 2 aliphatic heterocycles. The molecule has 5 rings (SSSR count). The second-order valence-electron chi connectivity index (χ2n) is 8.89. The fourth-order valence-electron chi connectivity index (χ4n) is 4.97. The van der Waals surface area contributed by atoms with Crippen LogP contribution in [0.1, 0.15) is 66.1 Å². The summed E-state index contributed by atoms with van der Waals surface area (Å²) in [6.45, 7) is 1.39. The number of nitrogens with zero attached hydrogens (tertiary/aromatic N) is 1. The monoisotopic (exact) mass is 424 g/mol. The summed E-state index contributed by atoms with van der Waals surface area (Å²) in [6.07, 6.45) is 6.38. The van der Waals surface area contributed by atoms with Crippen molar-refractivity contribution in [2.24, 2.45) is 0 Å². The van der Waals surface area contributed by atoms with Gasteiger partial charge in [-0.2, -0.15) is 0 Å². The molecule has 158 valence electrons. The van der Waals surface area contributed by atoms with Crippen LogP contribution in [0.25, 0.3) is 0 Å². The minimum atomic E-state index is -0.290. The van der Waals surface area contributed by atoms with Gasteiger partial charge in [0.1, 0.15) is 11.4 Å². The highest BCUT2D eigenvalue weighted by Crippen LogP contribution is 2.46. The van der Waals surface area contributed by atoms with Gasteiger partial charge >= 0.3 is 0 Å². The Morgan fingerprint density at radius 2 is 1.93 bits per heavy atom. The number of fused-ring (bicyclic) bond motifs is 1. The number of ether oxygens (including phenoxy) is 1.